The highest BCUT2D eigenvalue weighted by Crippen LogP contribution is 2.26. The van der Waals surface area contributed by atoms with E-state index >= 15 is 0 Å². The summed E-state index contributed by atoms with van der Waals surface area (Å²) in [6, 6.07) is 9.40. The van der Waals surface area contributed by atoms with Crippen LogP contribution in [0, 0.1) is 0 Å². The lowest BCUT2D eigenvalue weighted by Gasteiger charge is -2.22. The fraction of sp³-hybridized carbons (Fsp3) is 0.238. The number of imidazole rings is 1. The van der Waals surface area contributed by atoms with Crippen LogP contribution in [0.25, 0.3) is 0 Å². The minimum Gasteiger partial charge on any atom is -0.497 e. The topological polar surface area (TPSA) is 102 Å². The number of ether oxygens (including phenoxy) is 1. The van der Waals surface area contributed by atoms with Gasteiger partial charge in [-0.2, -0.15) is 4.72 Å². The van der Waals surface area contributed by atoms with Crippen LogP contribution < -0.4 is 14.8 Å². The van der Waals surface area contributed by atoms with Crippen molar-refractivity contribution in [2.24, 2.45) is 7.05 Å². The summed E-state index contributed by atoms with van der Waals surface area (Å²) in [5.41, 5.74) is 0.728. The van der Waals surface area contributed by atoms with Gasteiger partial charge in [-0.05, 0) is 42.8 Å². The van der Waals surface area contributed by atoms with E-state index in [4.69, 9.17) is 27.9 Å². The van der Waals surface area contributed by atoms with Gasteiger partial charge in [-0.25, -0.2) is 13.4 Å². The standard InChI is InChI=1S/C21H22Cl2N4O4S/c1-13(26-32(29,30)16-7-8-17(22)18(23)12-16)21(28)25-19(20-24-9-10-27(20)2)14-5-4-6-15(11-14)31-3/h4-13,19,26H,1-3H3,(H,25,28)/t13-,19-/m1/s1. The Labute approximate surface area is 196 Å². The number of amides is 1. The molecule has 170 valence electrons. The van der Waals surface area contributed by atoms with E-state index in [1.165, 1.54) is 25.1 Å². The van der Waals surface area contributed by atoms with E-state index in [0.717, 1.165) is 5.56 Å². The number of aryl methyl sites for hydroxylation is 1. The van der Waals surface area contributed by atoms with E-state index in [2.05, 4.69) is 15.0 Å². The highest BCUT2D eigenvalue weighted by atomic mass is 35.5. The van der Waals surface area contributed by atoms with Crippen LogP contribution in [0.5, 0.6) is 5.75 Å². The van der Waals surface area contributed by atoms with Gasteiger partial charge in [0.25, 0.3) is 0 Å². The first-order chi connectivity index (χ1) is 15.1. The smallest absolute Gasteiger partial charge is 0.241 e. The van der Waals surface area contributed by atoms with Crippen molar-refractivity contribution in [1.29, 1.82) is 0 Å². The third-order valence-electron chi connectivity index (χ3n) is 4.76. The zero-order chi connectivity index (χ0) is 23.5. The molecule has 0 aliphatic heterocycles. The molecule has 0 aliphatic rings. The average molecular weight is 497 g/mol. The third kappa shape index (κ3) is 5.42. The maximum atomic E-state index is 13.0. The molecule has 2 aromatic carbocycles. The molecule has 0 aliphatic carbocycles. The third-order valence-corrected chi connectivity index (χ3v) is 7.03. The first-order valence-electron chi connectivity index (χ1n) is 9.51. The van der Waals surface area contributed by atoms with E-state index in [1.807, 2.05) is 6.07 Å². The number of carbonyl (C=O) groups excluding carboxylic acids is 1. The molecule has 1 heterocycles. The van der Waals surface area contributed by atoms with Crippen LogP contribution in [-0.2, 0) is 21.9 Å². The zero-order valence-corrected chi connectivity index (χ0v) is 19.9. The number of sulfonamides is 1. The summed E-state index contributed by atoms with van der Waals surface area (Å²) in [6.45, 7) is 1.45. The first kappa shape index (κ1) is 24.1. The van der Waals surface area contributed by atoms with Crippen LogP contribution >= 0.6 is 23.2 Å². The van der Waals surface area contributed by atoms with Crippen molar-refractivity contribution in [2.75, 3.05) is 7.11 Å². The van der Waals surface area contributed by atoms with Crippen LogP contribution in [0.1, 0.15) is 24.4 Å². The first-order valence-corrected chi connectivity index (χ1v) is 11.7. The van der Waals surface area contributed by atoms with Crippen molar-refractivity contribution in [3.63, 3.8) is 0 Å². The Kier molecular flexibility index (Phi) is 7.45. The van der Waals surface area contributed by atoms with Crippen LogP contribution in [0.15, 0.2) is 59.8 Å². The molecule has 0 bridgehead atoms. The summed E-state index contributed by atoms with van der Waals surface area (Å²) in [5, 5.41) is 3.20. The number of halogens is 2. The molecular formula is C21H22Cl2N4O4S. The van der Waals surface area contributed by atoms with E-state index < -0.39 is 28.0 Å². The van der Waals surface area contributed by atoms with Crippen LogP contribution in [0.3, 0.4) is 0 Å². The quantitative estimate of drug-likeness (QED) is 0.497. The molecule has 3 rings (SSSR count). The largest absolute Gasteiger partial charge is 0.497 e. The second-order valence-electron chi connectivity index (χ2n) is 7.03. The molecule has 1 aromatic heterocycles. The second kappa shape index (κ2) is 9.91. The van der Waals surface area contributed by atoms with Crippen molar-refractivity contribution in [3.8, 4) is 5.75 Å². The zero-order valence-electron chi connectivity index (χ0n) is 17.5. The Morgan fingerprint density at radius 2 is 1.91 bits per heavy atom. The van der Waals surface area contributed by atoms with Crippen LogP contribution in [0.2, 0.25) is 10.0 Å². The van der Waals surface area contributed by atoms with E-state index in [9.17, 15) is 13.2 Å². The lowest BCUT2D eigenvalue weighted by atomic mass is 10.1. The Bertz CT molecular complexity index is 1230. The molecule has 2 atom stereocenters. The monoisotopic (exact) mass is 496 g/mol. The summed E-state index contributed by atoms with van der Waals surface area (Å²) >= 11 is 11.8. The van der Waals surface area contributed by atoms with E-state index in [0.29, 0.717) is 11.6 Å². The van der Waals surface area contributed by atoms with Gasteiger partial charge in [0.15, 0.2) is 0 Å². The summed E-state index contributed by atoms with van der Waals surface area (Å²) in [6.07, 6.45) is 3.37. The SMILES string of the molecule is COc1cccc([C@@H](NC(=O)[C@@H](C)NS(=O)(=O)c2ccc(Cl)c(Cl)c2)c2nccn2C)c1. The van der Waals surface area contributed by atoms with Crippen molar-refractivity contribution in [1.82, 2.24) is 19.6 Å². The Morgan fingerprint density at radius 3 is 2.53 bits per heavy atom. The molecule has 0 saturated heterocycles. The minimum atomic E-state index is -4.01. The van der Waals surface area contributed by atoms with Gasteiger partial charge in [-0.15, -0.1) is 0 Å². The predicted octanol–water partition coefficient (Wildman–Crippen LogP) is 3.31. The fourth-order valence-electron chi connectivity index (χ4n) is 3.04. The summed E-state index contributed by atoms with van der Waals surface area (Å²) in [4.78, 5) is 17.2. The lowest BCUT2D eigenvalue weighted by Crippen LogP contribution is -2.46. The van der Waals surface area contributed by atoms with Gasteiger partial charge >= 0.3 is 0 Å². The lowest BCUT2D eigenvalue weighted by molar-refractivity contribution is -0.122. The Balaban J connectivity index is 1.84. The number of hydrogen-bond acceptors (Lipinski definition) is 5. The van der Waals surface area contributed by atoms with E-state index in [-0.39, 0.29) is 14.9 Å². The van der Waals surface area contributed by atoms with Crippen molar-refractivity contribution in [3.05, 3.63) is 76.3 Å². The van der Waals surface area contributed by atoms with Gasteiger partial charge in [0.05, 0.1) is 28.1 Å². The number of rotatable bonds is 8. The van der Waals surface area contributed by atoms with Gasteiger partial charge in [-0.1, -0.05) is 35.3 Å². The highest BCUT2D eigenvalue weighted by molar-refractivity contribution is 7.89. The summed E-state index contributed by atoms with van der Waals surface area (Å²) < 4.78 is 34.8. The van der Waals surface area contributed by atoms with Gasteiger partial charge in [0.2, 0.25) is 15.9 Å². The van der Waals surface area contributed by atoms with E-state index in [1.54, 1.807) is 49.3 Å². The number of hydrogen-bond donors (Lipinski definition) is 2. The van der Waals surface area contributed by atoms with Gasteiger partial charge < -0.3 is 14.6 Å². The maximum absolute atomic E-state index is 13.0. The van der Waals surface area contributed by atoms with Gasteiger partial charge in [0, 0.05) is 19.4 Å². The highest BCUT2D eigenvalue weighted by Gasteiger charge is 2.27. The number of aromatic nitrogens is 2. The molecule has 2 N–H and O–H groups in total. The molecule has 3 aromatic rings. The number of methoxy groups -OCH3 is 1. The molecule has 11 heteroatoms. The second-order valence-corrected chi connectivity index (χ2v) is 9.56. The molecule has 32 heavy (non-hydrogen) atoms. The van der Waals surface area contributed by atoms with Gasteiger partial charge in [-0.3, -0.25) is 4.79 Å². The van der Waals surface area contributed by atoms with Gasteiger partial charge in [0.1, 0.15) is 17.6 Å². The fourth-order valence-corrected chi connectivity index (χ4v) is 4.63. The van der Waals surface area contributed by atoms with Crippen molar-refractivity contribution in [2.45, 2.75) is 23.9 Å². The minimum absolute atomic E-state index is 0.0968. The van der Waals surface area contributed by atoms with Crippen molar-refractivity contribution >= 4 is 39.1 Å². The Morgan fingerprint density at radius 1 is 1.16 bits per heavy atom. The Hall–Kier alpha value is -2.59. The predicted molar refractivity (Wildman–Crippen MR) is 122 cm³/mol. The molecule has 0 unspecified atom stereocenters. The molecule has 0 saturated carbocycles. The number of nitrogens with one attached hydrogen (secondary N) is 2. The summed E-state index contributed by atoms with van der Waals surface area (Å²) in [7, 11) is -0.659. The van der Waals surface area contributed by atoms with Crippen molar-refractivity contribution < 1.29 is 17.9 Å². The van der Waals surface area contributed by atoms with Crippen LogP contribution in [0.4, 0.5) is 0 Å². The molecular weight excluding hydrogens is 475 g/mol. The number of nitrogens with zero attached hydrogens (tertiary/aromatic N) is 2. The molecule has 0 radical (unpaired) electrons. The van der Waals surface area contributed by atoms with Crippen LogP contribution in [-0.4, -0.2) is 37.0 Å². The number of carbonyl (C=O) groups is 1. The molecule has 1 amide bonds. The normalized spacial score (nSPS) is 13.4. The average Bonchev–Trinajstić information content (AvgIpc) is 3.18. The number of benzene rings is 2. The maximum Gasteiger partial charge on any atom is 0.241 e. The molecule has 8 nitrogen and oxygen atoms in total. The molecule has 0 spiro atoms. The molecule has 0 fully saturated rings. The summed E-state index contributed by atoms with van der Waals surface area (Å²) in [5.74, 6) is 0.653.